The first-order valence-corrected chi connectivity index (χ1v) is 4.83. The molecule has 6 heteroatoms. The Morgan fingerprint density at radius 1 is 1.47 bits per heavy atom. The second kappa shape index (κ2) is 4.06. The molecular weight excluding hydrogens is 220 g/mol. The first-order valence-electron chi connectivity index (χ1n) is 4.83. The van der Waals surface area contributed by atoms with Crippen LogP contribution in [0.1, 0.15) is 11.3 Å². The molecule has 1 aromatic heterocycles. The largest absolute Gasteiger partial charge is 0.289 e. The highest BCUT2D eigenvalue weighted by Gasteiger charge is 2.15. The van der Waals surface area contributed by atoms with Crippen molar-refractivity contribution in [2.75, 3.05) is 0 Å². The highest BCUT2D eigenvalue weighted by molar-refractivity contribution is 5.54. The molecule has 84 valence electrons. The van der Waals surface area contributed by atoms with Gasteiger partial charge >= 0.3 is 0 Å². The molecule has 0 saturated carbocycles. The molecule has 1 aromatic carbocycles. The summed E-state index contributed by atoms with van der Waals surface area (Å²) in [6.45, 7) is 1.83. The zero-order chi connectivity index (χ0) is 12.4. The van der Waals surface area contributed by atoms with Gasteiger partial charge in [-0.25, -0.2) is 4.68 Å². The van der Waals surface area contributed by atoms with E-state index >= 15 is 0 Å². The Balaban J connectivity index is 2.55. The Hall–Kier alpha value is -2.68. The molecule has 0 saturated heterocycles. The van der Waals surface area contributed by atoms with E-state index in [0.29, 0.717) is 5.69 Å². The number of aryl methyl sites for hydroxylation is 1. The van der Waals surface area contributed by atoms with Crippen LogP contribution in [0.4, 0.5) is 5.69 Å². The van der Waals surface area contributed by atoms with Crippen LogP contribution in [-0.2, 0) is 0 Å². The summed E-state index contributed by atoms with van der Waals surface area (Å²) in [5, 5.41) is 23.7. The summed E-state index contributed by atoms with van der Waals surface area (Å²) in [5.41, 5.74) is 1.21. The van der Waals surface area contributed by atoms with Crippen LogP contribution >= 0.6 is 0 Å². The lowest BCUT2D eigenvalue weighted by molar-refractivity contribution is -0.385. The van der Waals surface area contributed by atoms with Crippen molar-refractivity contribution in [2.24, 2.45) is 0 Å². The second-order valence-corrected chi connectivity index (χ2v) is 3.47. The molecule has 0 aliphatic rings. The van der Waals surface area contributed by atoms with E-state index in [0.717, 1.165) is 5.69 Å². The predicted octanol–water partition coefficient (Wildman–Crippen LogP) is 1.96. The molecule has 0 bridgehead atoms. The monoisotopic (exact) mass is 228 g/mol. The van der Waals surface area contributed by atoms with Crippen LogP contribution in [0.5, 0.6) is 0 Å². The van der Waals surface area contributed by atoms with Crippen molar-refractivity contribution < 1.29 is 4.92 Å². The van der Waals surface area contributed by atoms with Crippen LogP contribution in [0.2, 0.25) is 0 Å². The van der Waals surface area contributed by atoms with Gasteiger partial charge in [-0.15, -0.1) is 0 Å². The van der Waals surface area contributed by atoms with Crippen molar-refractivity contribution >= 4 is 5.69 Å². The fourth-order valence-corrected chi connectivity index (χ4v) is 1.47. The summed E-state index contributed by atoms with van der Waals surface area (Å²) >= 11 is 0. The summed E-state index contributed by atoms with van der Waals surface area (Å²) in [5.74, 6) is 0. The average molecular weight is 228 g/mol. The van der Waals surface area contributed by atoms with Crippen LogP contribution < -0.4 is 0 Å². The van der Waals surface area contributed by atoms with E-state index in [1.807, 2.05) is 6.92 Å². The third kappa shape index (κ3) is 1.99. The molecule has 0 unspecified atom stereocenters. The first kappa shape index (κ1) is 10.8. The zero-order valence-electron chi connectivity index (χ0n) is 8.99. The molecule has 17 heavy (non-hydrogen) atoms. The summed E-state index contributed by atoms with van der Waals surface area (Å²) in [7, 11) is 0. The highest BCUT2D eigenvalue weighted by Crippen LogP contribution is 2.21. The van der Waals surface area contributed by atoms with Gasteiger partial charge in [0.2, 0.25) is 0 Å². The first-order chi connectivity index (χ1) is 8.11. The van der Waals surface area contributed by atoms with Crippen molar-refractivity contribution in [2.45, 2.75) is 6.92 Å². The minimum Gasteiger partial charge on any atom is -0.258 e. The number of rotatable bonds is 2. The van der Waals surface area contributed by atoms with Gasteiger partial charge in [0.1, 0.15) is 11.6 Å². The highest BCUT2D eigenvalue weighted by atomic mass is 16.6. The topological polar surface area (TPSA) is 84.8 Å². The third-order valence-corrected chi connectivity index (χ3v) is 2.29. The predicted molar refractivity (Wildman–Crippen MR) is 59.7 cm³/mol. The zero-order valence-corrected chi connectivity index (χ0v) is 8.99. The molecule has 6 nitrogen and oxygen atoms in total. The average Bonchev–Trinajstić information content (AvgIpc) is 2.75. The Kier molecular flexibility index (Phi) is 2.58. The van der Waals surface area contributed by atoms with Crippen LogP contribution in [-0.4, -0.2) is 14.7 Å². The van der Waals surface area contributed by atoms with E-state index < -0.39 is 4.92 Å². The van der Waals surface area contributed by atoms with E-state index in [-0.39, 0.29) is 11.3 Å². The molecule has 1 heterocycles. The fraction of sp³-hybridized carbons (Fsp3) is 0.0909. The van der Waals surface area contributed by atoms with Gasteiger partial charge in [-0.3, -0.25) is 10.1 Å². The number of aromatic nitrogens is 2. The fourth-order valence-electron chi connectivity index (χ4n) is 1.47. The summed E-state index contributed by atoms with van der Waals surface area (Å²) in [6, 6.07) is 7.97. The van der Waals surface area contributed by atoms with Crippen molar-refractivity contribution in [3.05, 3.63) is 51.8 Å². The molecule has 0 radical (unpaired) electrons. The van der Waals surface area contributed by atoms with Crippen molar-refractivity contribution in [3.63, 3.8) is 0 Å². The molecule has 0 aliphatic carbocycles. The van der Waals surface area contributed by atoms with Gasteiger partial charge in [0.25, 0.3) is 5.69 Å². The second-order valence-electron chi connectivity index (χ2n) is 3.47. The molecule has 0 atom stereocenters. The van der Waals surface area contributed by atoms with Crippen LogP contribution in [0.25, 0.3) is 5.69 Å². The van der Waals surface area contributed by atoms with E-state index in [1.54, 1.807) is 24.4 Å². The van der Waals surface area contributed by atoms with Gasteiger partial charge < -0.3 is 0 Å². The Labute approximate surface area is 96.9 Å². The maximum Gasteiger partial charge on any atom is 0.289 e. The number of nitrogens with zero attached hydrogens (tertiary/aromatic N) is 4. The Bertz CT molecular complexity index is 625. The molecule has 0 spiro atoms. The number of benzene rings is 1. The van der Waals surface area contributed by atoms with Gasteiger partial charge in [-0.1, -0.05) is 0 Å². The van der Waals surface area contributed by atoms with E-state index in [4.69, 9.17) is 5.26 Å². The number of hydrogen-bond acceptors (Lipinski definition) is 4. The third-order valence-electron chi connectivity index (χ3n) is 2.29. The van der Waals surface area contributed by atoms with Gasteiger partial charge in [0.05, 0.1) is 16.3 Å². The molecule has 2 rings (SSSR count). The maximum absolute atomic E-state index is 10.8. The molecule has 0 N–H and O–H groups in total. The van der Waals surface area contributed by atoms with Crippen LogP contribution in [0.3, 0.4) is 0 Å². The molecule has 0 amide bonds. The number of nitro benzene ring substituents is 1. The minimum absolute atomic E-state index is 0.0441. The smallest absolute Gasteiger partial charge is 0.258 e. The van der Waals surface area contributed by atoms with E-state index in [2.05, 4.69) is 5.10 Å². The molecule has 0 fully saturated rings. The number of nitriles is 1. The van der Waals surface area contributed by atoms with Crippen molar-refractivity contribution in [1.29, 1.82) is 5.26 Å². The van der Waals surface area contributed by atoms with E-state index in [1.165, 1.54) is 16.8 Å². The lowest BCUT2D eigenvalue weighted by Gasteiger charge is -2.01. The lowest BCUT2D eigenvalue weighted by atomic mass is 10.2. The molecule has 0 aliphatic heterocycles. The standard InChI is InChI=1S/C11H8N4O2/c1-8-4-5-14(13-8)10-3-2-9(7-12)11(6-10)15(16)17/h2-6H,1H3. The summed E-state index contributed by atoms with van der Waals surface area (Å²) < 4.78 is 1.53. The normalized spacial score (nSPS) is 9.88. The quantitative estimate of drug-likeness (QED) is 0.580. The van der Waals surface area contributed by atoms with Crippen molar-refractivity contribution in [1.82, 2.24) is 9.78 Å². The van der Waals surface area contributed by atoms with Gasteiger partial charge in [0.15, 0.2) is 0 Å². The van der Waals surface area contributed by atoms with Crippen LogP contribution in [0.15, 0.2) is 30.5 Å². The SMILES string of the molecule is Cc1ccn(-c2ccc(C#N)c([N+](=O)[O-])c2)n1. The molecule has 2 aromatic rings. The van der Waals surface area contributed by atoms with E-state index in [9.17, 15) is 10.1 Å². The van der Waals surface area contributed by atoms with Gasteiger partial charge in [-0.2, -0.15) is 10.4 Å². The van der Waals surface area contributed by atoms with Crippen molar-refractivity contribution in [3.8, 4) is 11.8 Å². The summed E-state index contributed by atoms with van der Waals surface area (Å²) in [6.07, 6.45) is 1.71. The Morgan fingerprint density at radius 3 is 2.76 bits per heavy atom. The summed E-state index contributed by atoms with van der Waals surface area (Å²) in [4.78, 5) is 10.2. The maximum atomic E-state index is 10.8. The number of nitro groups is 1. The molecular formula is C11H8N4O2. The van der Waals surface area contributed by atoms with Gasteiger partial charge in [0, 0.05) is 12.3 Å². The Morgan fingerprint density at radius 2 is 2.24 bits per heavy atom. The number of hydrogen-bond donors (Lipinski definition) is 0. The lowest BCUT2D eigenvalue weighted by Crippen LogP contribution is -1.98. The minimum atomic E-state index is -0.571. The van der Waals surface area contributed by atoms with Gasteiger partial charge in [-0.05, 0) is 25.1 Å². The van der Waals surface area contributed by atoms with Crippen LogP contribution in [0, 0.1) is 28.4 Å².